The van der Waals surface area contributed by atoms with E-state index in [9.17, 15) is 0 Å². The van der Waals surface area contributed by atoms with Crippen LogP contribution in [-0.4, -0.2) is 26.5 Å². The van der Waals surface area contributed by atoms with Gasteiger partial charge in [-0.25, -0.2) is 0 Å². The predicted molar refractivity (Wildman–Crippen MR) is 121 cm³/mol. The Bertz CT molecular complexity index is 366. The molecule has 4 heterocycles. The minimum absolute atomic E-state index is 1.10. The highest BCUT2D eigenvalue weighted by Gasteiger charge is 2.51. The van der Waals surface area contributed by atoms with Gasteiger partial charge in [-0.2, -0.15) is 0 Å². The van der Waals surface area contributed by atoms with Crippen LogP contribution in [0.4, 0.5) is 0 Å². The zero-order valence-corrected chi connectivity index (χ0v) is 18.3. The fourth-order valence-electron chi connectivity index (χ4n) is 8.49. The van der Waals surface area contributed by atoms with Crippen molar-refractivity contribution in [2.24, 2.45) is 0 Å². The van der Waals surface area contributed by atoms with Crippen molar-refractivity contribution in [1.29, 1.82) is 0 Å². The molecule has 0 atom stereocenters. The van der Waals surface area contributed by atoms with Gasteiger partial charge in [0.1, 0.15) is 13.4 Å². The van der Waals surface area contributed by atoms with Gasteiger partial charge in [0.2, 0.25) is 0 Å². The van der Waals surface area contributed by atoms with Gasteiger partial charge in [-0.3, -0.25) is 0 Å². The first-order valence-corrected chi connectivity index (χ1v) is 13.2. The lowest BCUT2D eigenvalue weighted by Gasteiger charge is -2.51. The molecule has 4 fully saturated rings. The van der Waals surface area contributed by atoms with Crippen LogP contribution in [0, 0.1) is 0 Å². The molecular formula is C24H46B2N+. The topological polar surface area (TPSA) is 16.6 Å². The van der Waals surface area contributed by atoms with Gasteiger partial charge >= 0.3 is 0 Å². The van der Waals surface area contributed by atoms with E-state index in [-0.39, 0.29) is 0 Å². The maximum Gasteiger partial charge on any atom is 0.142 e. The summed E-state index contributed by atoms with van der Waals surface area (Å²) < 4.78 is 0. The van der Waals surface area contributed by atoms with Crippen molar-refractivity contribution < 1.29 is 5.32 Å². The highest BCUT2D eigenvalue weighted by Crippen LogP contribution is 2.57. The maximum absolute atomic E-state index is 2.69. The second-order valence-corrected chi connectivity index (χ2v) is 10.9. The molecule has 0 aromatic carbocycles. The zero-order chi connectivity index (χ0) is 18.5. The minimum Gasteiger partial charge on any atom is -0.346 e. The summed E-state index contributed by atoms with van der Waals surface area (Å²) >= 11 is 0. The van der Waals surface area contributed by atoms with Crippen LogP contribution in [0.15, 0.2) is 0 Å². The van der Waals surface area contributed by atoms with Crippen LogP contribution in [0.5, 0.6) is 0 Å². The van der Waals surface area contributed by atoms with E-state index in [1.54, 1.807) is 83.5 Å². The summed E-state index contributed by atoms with van der Waals surface area (Å²) in [6.07, 6.45) is 24.7. The van der Waals surface area contributed by atoms with Crippen LogP contribution in [0.25, 0.3) is 0 Å². The summed E-state index contributed by atoms with van der Waals surface area (Å²) in [5.74, 6) is 4.46. The Hall–Kier alpha value is 0.0899. The van der Waals surface area contributed by atoms with Gasteiger partial charge in [0.25, 0.3) is 0 Å². The summed E-state index contributed by atoms with van der Waals surface area (Å²) in [5.41, 5.74) is 1.10. The Labute approximate surface area is 170 Å². The van der Waals surface area contributed by atoms with Crippen molar-refractivity contribution in [2.45, 2.75) is 139 Å². The predicted octanol–water partition coefficient (Wildman–Crippen LogP) is 6.25. The van der Waals surface area contributed by atoms with Crippen molar-refractivity contribution >= 4 is 13.4 Å². The normalized spacial score (nSPS) is 34.6. The number of hydrogen-bond donors (Lipinski definition) is 1. The third kappa shape index (κ3) is 4.81. The van der Waals surface area contributed by atoms with E-state index < -0.39 is 0 Å². The first-order valence-electron chi connectivity index (χ1n) is 13.2. The van der Waals surface area contributed by atoms with E-state index in [2.05, 4.69) is 12.2 Å². The van der Waals surface area contributed by atoms with Gasteiger partial charge in [-0.1, -0.05) is 119 Å². The van der Waals surface area contributed by atoms with E-state index >= 15 is 0 Å². The second kappa shape index (κ2) is 10.2. The average Bonchev–Trinajstić information content (AvgIpc) is 2.66. The zero-order valence-electron chi connectivity index (χ0n) is 18.3. The largest absolute Gasteiger partial charge is 0.346 e. The third-order valence-corrected chi connectivity index (χ3v) is 9.48. The van der Waals surface area contributed by atoms with E-state index in [1.165, 1.54) is 32.4 Å². The maximum atomic E-state index is 2.69. The molecule has 4 rings (SSSR count). The summed E-state index contributed by atoms with van der Waals surface area (Å²) in [7, 11) is 0. The number of rotatable bonds is 9. The summed E-state index contributed by atoms with van der Waals surface area (Å²) in [6, 6.07) is 0. The van der Waals surface area contributed by atoms with Gasteiger partial charge < -0.3 is 5.32 Å². The molecule has 0 amide bonds. The Morgan fingerprint density at radius 1 is 0.667 bits per heavy atom. The van der Waals surface area contributed by atoms with Crippen LogP contribution in [0.3, 0.4) is 0 Å². The summed E-state index contributed by atoms with van der Waals surface area (Å²) in [5, 5.41) is 2.69. The molecule has 0 aromatic rings. The van der Waals surface area contributed by atoms with Crippen LogP contribution < -0.4 is 5.32 Å². The van der Waals surface area contributed by atoms with Gasteiger partial charge in [0, 0.05) is 0 Å². The molecule has 0 unspecified atom stereocenters. The van der Waals surface area contributed by atoms with Gasteiger partial charge in [-0.15, -0.1) is 0 Å². The van der Waals surface area contributed by atoms with Gasteiger partial charge in [-0.05, 0) is 19.3 Å². The van der Waals surface area contributed by atoms with Crippen molar-refractivity contribution in [1.82, 2.24) is 0 Å². The highest BCUT2D eigenvalue weighted by molar-refractivity contribution is 6.83. The number of quaternary nitrogens is 1. The van der Waals surface area contributed by atoms with Crippen LogP contribution in [-0.2, 0) is 0 Å². The van der Waals surface area contributed by atoms with E-state index in [4.69, 9.17) is 0 Å². The van der Waals surface area contributed by atoms with Crippen molar-refractivity contribution in [3.8, 4) is 0 Å². The molecule has 0 radical (unpaired) electrons. The van der Waals surface area contributed by atoms with Gasteiger partial charge in [0.15, 0.2) is 0 Å². The number of hydrogen-bond acceptors (Lipinski definition) is 0. The number of unbranched alkanes of at least 4 members (excludes halogenated alkanes) is 2. The molecule has 4 aliphatic rings. The van der Waals surface area contributed by atoms with Crippen LogP contribution >= 0.6 is 0 Å². The molecule has 0 saturated carbocycles. The third-order valence-electron chi connectivity index (χ3n) is 9.48. The minimum atomic E-state index is 1.10. The molecule has 0 aromatic heterocycles. The van der Waals surface area contributed by atoms with Crippen molar-refractivity contribution in [3.63, 3.8) is 0 Å². The lowest BCUT2D eigenvalue weighted by molar-refractivity contribution is -0.655. The second-order valence-electron chi connectivity index (χ2n) is 10.9. The van der Waals surface area contributed by atoms with Crippen LogP contribution in [0.2, 0.25) is 29.0 Å². The van der Waals surface area contributed by atoms with Crippen LogP contribution in [0.1, 0.15) is 110 Å². The first kappa shape index (κ1) is 20.4. The molecule has 4 bridgehead atoms. The summed E-state index contributed by atoms with van der Waals surface area (Å²) in [6.45, 7) is 7.40. The Morgan fingerprint density at radius 3 is 1.52 bits per heavy atom. The van der Waals surface area contributed by atoms with Crippen molar-refractivity contribution in [2.75, 3.05) is 13.1 Å². The SMILES string of the molecule is CCCCC[NH2+]CCC(B1C2CCCC1CCC2)B1C2CCCC1CCC2. The molecular weight excluding hydrogens is 324 g/mol. The molecule has 1 nitrogen and oxygen atoms in total. The fourth-order valence-corrected chi connectivity index (χ4v) is 8.49. The molecule has 27 heavy (non-hydrogen) atoms. The van der Waals surface area contributed by atoms with E-state index in [0.717, 1.165) is 42.4 Å². The quantitative estimate of drug-likeness (QED) is 0.365. The Morgan fingerprint density at radius 2 is 1.11 bits per heavy atom. The van der Waals surface area contributed by atoms with Gasteiger partial charge in [0.05, 0.1) is 13.1 Å². The number of fused-ring (bicyclic) bond motifs is 4. The molecule has 4 aliphatic heterocycles. The smallest absolute Gasteiger partial charge is 0.142 e. The van der Waals surface area contributed by atoms with Crippen molar-refractivity contribution in [3.05, 3.63) is 0 Å². The lowest BCUT2D eigenvalue weighted by atomic mass is 9.06. The Balaban J connectivity index is 1.45. The molecule has 4 saturated heterocycles. The standard InChI is InChI=1S/C24H45B2N/c1-2-3-4-18-27-19-17-24(25-20-9-5-10-21(25)12-6-11-20)26-22-13-7-14-23(26)16-8-15-22/h20-24,27H,2-19H2,1H3/p+1. The molecule has 0 spiro atoms. The number of nitrogens with two attached hydrogens (primary N) is 1. The lowest BCUT2D eigenvalue weighted by Crippen LogP contribution is -2.84. The summed E-state index contributed by atoms with van der Waals surface area (Å²) in [4.78, 5) is 0. The molecule has 3 heteroatoms. The molecule has 0 aliphatic carbocycles. The molecule has 152 valence electrons. The van der Waals surface area contributed by atoms with E-state index in [1.807, 2.05) is 0 Å². The first-order chi connectivity index (χ1) is 13.4. The fraction of sp³-hybridized carbons (Fsp3) is 1.00. The average molecular weight is 370 g/mol. The monoisotopic (exact) mass is 370 g/mol. The Kier molecular flexibility index (Phi) is 7.71. The molecule has 2 N–H and O–H groups in total. The highest BCUT2D eigenvalue weighted by atomic mass is 14.8. The van der Waals surface area contributed by atoms with E-state index in [0.29, 0.717) is 0 Å².